The van der Waals surface area contributed by atoms with E-state index in [1.165, 1.54) is 51.8 Å². The summed E-state index contributed by atoms with van der Waals surface area (Å²) in [6, 6.07) is 0.308. The Balaban J connectivity index is 2.32. The third-order valence-corrected chi connectivity index (χ3v) is 23.1. The van der Waals surface area contributed by atoms with Crippen LogP contribution in [0.5, 0.6) is 0 Å². The van der Waals surface area contributed by atoms with Crippen LogP contribution in [0.25, 0.3) is 0 Å². The van der Waals surface area contributed by atoms with Crippen molar-refractivity contribution in [2.45, 2.75) is 95.5 Å². The molecule has 4 heteroatoms. The molecule has 2 aliphatic rings. The van der Waals surface area contributed by atoms with E-state index < -0.39 is 18.4 Å². The van der Waals surface area contributed by atoms with E-state index in [-0.39, 0.29) is 6.09 Å². The van der Waals surface area contributed by atoms with Crippen LogP contribution in [0.15, 0.2) is 12.2 Å². The number of cyclic esters (lactones) is 1. The minimum absolute atomic E-state index is 0.0146. The molecule has 1 fully saturated rings. The van der Waals surface area contributed by atoms with E-state index in [4.69, 9.17) is 4.74 Å². The first-order valence-corrected chi connectivity index (χ1v) is 18.0. The molecule has 0 spiro atoms. The van der Waals surface area contributed by atoms with E-state index >= 15 is 0 Å². The summed E-state index contributed by atoms with van der Waals surface area (Å²) in [5.74, 6) is 0. The Labute approximate surface area is 153 Å². The van der Waals surface area contributed by atoms with Crippen LogP contribution in [0.4, 0.5) is 4.79 Å². The fourth-order valence-corrected chi connectivity index (χ4v) is 23.1. The summed E-state index contributed by atoms with van der Waals surface area (Å²) in [6.07, 6.45) is 14.7. The van der Waals surface area contributed by atoms with Crippen LogP contribution in [0, 0.1) is 0 Å². The summed E-state index contributed by atoms with van der Waals surface area (Å²) in [6.45, 7) is 7.56. The summed E-state index contributed by atoms with van der Waals surface area (Å²) < 4.78 is 10.4. The second-order valence-electron chi connectivity index (χ2n) is 7.77. The molecule has 24 heavy (non-hydrogen) atoms. The quantitative estimate of drug-likeness (QED) is 0.311. The van der Waals surface area contributed by atoms with Gasteiger partial charge in [0.1, 0.15) is 0 Å². The third kappa shape index (κ3) is 4.70. The molecule has 1 amide bonds. The zero-order chi connectivity index (χ0) is 17.4. The molecule has 0 aromatic heterocycles. The normalized spacial score (nSPS) is 24.0. The van der Waals surface area contributed by atoms with Gasteiger partial charge in [-0.2, -0.15) is 0 Å². The number of hydrogen-bond acceptors (Lipinski definition) is 2. The Bertz CT molecular complexity index is 402. The van der Waals surface area contributed by atoms with Gasteiger partial charge in [-0.15, -0.1) is 0 Å². The van der Waals surface area contributed by atoms with Gasteiger partial charge < -0.3 is 0 Å². The van der Waals surface area contributed by atoms with Crippen LogP contribution >= 0.6 is 0 Å². The van der Waals surface area contributed by atoms with E-state index in [2.05, 4.69) is 37.8 Å². The number of amides is 1. The summed E-state index contributed by atoms with van der Waals surface area (Å²) in [5.41, 5.74) is 0. The second kappa shape index (κ2) is 10.1. The van der Waals surface area contributed by atoms with Crippen LogP contribution in [0.2, 0.25) is 13.3 Å². The van der Waals surface area contributed by atoms with Crippen molar-refractivity contribution in [1.29, 1.82) is 0 Å². The molecule has 0 N–H and O–H groups in total. The predicted octanol–water partition coefficient (Wildman–Crippen LogP) is 5.91. The molecule has 2 aliphatic heterocycles. The van der Waals surface area contributed by atoms with Crippen LogP contribution < -0.4 is 0 Å². The van der Waals surface area contributed by atoms with Gasteiger partial charge in [-0.05, 0) is 0 Å². The van der Waals surface area contributed by atoms with Gasteiger partial charge in [0.2, 0.25) is 0 Å². The third-order valence-electron chi connectivity index (χ3n) is 6.06. The van der Waals surface area contributed by atoms with Crippen LogP contribution in [0.3, 0.4) is 0 Å². The molecule has 138 valence electrons. The molecule has 3 nitrogen and oxygen atoms in total. The topological polar surface area (TPSA) is 29.5 Å². The molecular formula is C20H37NO2Sn. The van der Waals surface area contributed by atoms with Crippen LogP contribution in [-0.2, 0) is 4.74 Å². The van der Waals surface area contributed by atoms with E-state index in [1.807, 2.05) is 0 Å². The van der Waals surface area contributed by atoms with Gasteiger partial charge in [0.15, 0.2) is 0 Å². The standard InChI is InChI=1S/C8H10NO2.3C4H9.Sn/c10-8-9-5-3-1-2-4-7(9)6-11-8;3*1-3-4-2;/h1-2,5,7H,3-4,6H2;3*1,3-4H2,2H3;/t7-;;;;/m0..../s1. The van der Waals surface area contributed by atoms with Gasteiger partial charge in [0.25, 0.3) is 0 Å². The number of rotatable bonds is 10. The number of fused-ring (bicyclic) bond motifs is 1. The van der Waals surface area contributed by atoms with Crippen LogP contribution in [0.1, 0.15) is 72.1 Å². The van der Waals surface area contributed by atoms with Crippen molar-refractivity contribution in [1.82, 2.24) is 4.90 Å². The number of nitrogens with zero attached hydrogens (tertiary/aromatic N) is 1. The zero-order valence-corrected chi connectivity index (χ0v) is 18.9. The first kappa shape index (κ1) is 20.1. The number of hydrogen-bond donors (Lipinski definition) is 0. The molecule has 2 atom stereocenters. The Kier molecular flexibility index (Phi) is 8.45. The Hall–Kier alpha value is -0.191. The molecule has 0 radical (unpaired) electrons. The van der Waals surface area contributed by atoms with Crippen molar-refractivity contribution in [3.8, 4) is 0 Å². The fourth-order valence-electron chi connectivity index (χ4n) is 4.63. The van der Waals surface area contributed by atoms with Crippen molar-refractivity contribution in [3.05, 3.63) is 12.2 Å². The van der Waals surface area contributed by atoms with E-state index in [1.54, 1.807) is 0 Å². The first-order chi connectivity index (χ1) is 11.7. The van der Waals surface area contributed by atoms with Crippen molar-refractivity contribution < 1.29 is 9.53 Å². The first-order valence-electron chi connectivity index (χ1n) is 10.3. The molecule has 0 bridgehead atoms. The van der Waals surface area contributed by atoms with Gasteiger partial charge in [-0.25, -0.2) is 0 Å². The Morgan fingerprint density at radius 2 is 1.54 bits per heavy atom. The van der Waals surface area contributed by atoms with Crippen molar-refractivity contribution >= 4 is 24.5 Å². The Morgan fingerprint density at radius 1 is 1.00 bits per heavy atom. The van der Waals surface area contributed by atoms with E-state index in [9.17, 15) is 4.79 Å². The molecular weight excluding hydrogens is 405 g/mol. The number of unbranched alkanes of at least 4 members (excludes halogenated alkanes) is 3. The van der Waals surface area contributed by atoms with E-state index in [0.717, 1.165) is 12.8 Å². The molecule has 2 rings (SSSR count). The summed E-state index contributed by atoms with van der Waals surface area (Å²) in [4.78, 5) is 14.8. The molecule has 0 saturated carbocycles. The maximum absolute atomic E-state index is 12.5. The van der Waals surface area contributed by atoms with Crippen LogP contribution in [-0.4, -0.2) is 46.1 Å². The molecule has 0 aliphatic carbocycles. The molecule has 0 unspecified atom stereocenters. The van der Waals surface area contributed by atoms with Gasteiger partial charge in [-0.3, -0.25) is 0 Å². The minimum atomic E-state index is -2.47. The molecule has 1 saturated heterocycles. The van der Waals surface area contributed by atoms with E-state index in [0.29, 0.717) is 16.7 Å². The van der Waals surface area contributed by atoms with Gasteiger partial charge >= 0.3 is 153 Å². The zero-order valence-electron chi connectivity index (χ0n) is 16.1. The maximum atomic E-state index is 12.5. The van der Waals surface area contributed by atoms with Gasteiger partial charge in [-0.1, -0.05) is 0 Å². The van der Waals surface area contributed by atoms with Gasteiger partial charge in [0, 0.05) is 0 Å². The molecule has 0 aromatic carbocycles. The molecule has 2 heterocycles. The average molecular weight is 442 g/mol. The summed E-state index contributed by atoms with van der Waals surface area (Å²) >= 11 is -2.47. The SMILES string of the molecule is CCC[CH2][Sn]([CH2]CCC)([CH2]CCC)[C@H]1CC=CC[C@H]2COC(=O)N21. The number of ether oxygens (including phenoxy) is 1. The van der Waals surface area contributed by atoms with Crippen molar-refractivity contribution in [2.24, 2.45) is 0 Å². The fraction of sp³-hybridized carbons (Fsp3) is 0.850. The van der Waals surface area contributed by atoms with Crippen molar-refractivity contribution in [2.75, 3.05) is 6.61 Å². The van der Waals surface area contributed by atoms with Crippen molar-refractivity contribution in [3.63, 3.8) is 0 Å². The number of carbonyl (C=O) groups is 1. The Morgan fingerprint density at radius 3 is 2.08 bits per heavy atom. The van der Waals surface area contributed by atoms with Gasteiger partial charge in [0.05, 0.1) is 0 Å². The number of carbonyl (C=O) groups excluding carboxylic acids is 1. The monoisotopic (exact) mass is 443 g/mol. The summed E-state index contributed by atoms with van der Waals surface area (Å²) in [5, 5.41) is 0. The average Bonchev–Trinajstić information content (AvgIpc) is 2.83. The molecule has 0 aromatic rings. The predicted molar refractivity (Wildman–Crippen MR) is 104 cm³/mol. The summed E-state index contributed by atoms with van der Waals surface area (Å²) in [7, 11) is 0. The second-order valence-corrected chi connectivity index (χ2v) is 21.7.